The van der Waals surface area contributed by atoms with Crippen LogP contribution in [0, 0.1) is 41.4 Å². The molecule has 4 fully saturated rings. The number of rotatable bonds is 8. The number of carbonyl (C=O) groups excluding carboxylic acids is 1. The molecule has 4 aliphatic rings. The van der Waals surface area contributed by atoms with Gasteiger partial charge in [0.1, 0.15) is 6.10 Å². The van der Waals surface area contributed by atoms with Crippen LogP contribution in [0.15, 0.2) is 0 Å². The Morgan fingerprint density at radius 2 is 0.909 bits per heavy atom. The lowest BCUT2D eigenvalue weighted by Gasteiger charge is -2.39. The molecule has 0 heterocycles. The minimum Gasteiger partial charge on any atom is -0.462 e. The average Bonchev–Trinajstić information content (AvgIpc) is 2.86. The molecular weight excluding hydrogens is 404 g/mol. The summed E-state index contributed by atoms with van der Waals surface area (Å²) in [5.41, 5.74) is 0. The molecule has 0 aromatic carbocycles. The Hall–Kier alpha value is -0.530. The highest BCUT2D eigenvalue weighted by atomic mass is 16.5. The molecule has 0 radical (unpaired) electrons. The normalized spacial score (nSPS) is 40.3. The first kappa shape index (κ1) is 25.6. The minimum atomic E-state index is 0.156. The van der Waals surface area contributed by atoms with Crippen LogP contribution in [0.4, 0.5) is 0 Å². The molecule has 2 nitrogen and oxygen atoms in total. The molecule has 0 spiro atoms. The van der Waals surface area contributed by atoms with Gasteiger partial charge in [-0.05, 0) is 113 Å². The third-order valence-electron chi connectivity index (χ3n) is 10.6. The Balaban J connectivity index is 1.11. The van der Waals surface area contributed by atoms with E-state index in [0.717, 1.165) is 61.2 Å². The molecule has 4 aliphatic carbocycles. The first-order valence-electron chi connectivity index (χ1n) is 15.4. The first-order chi connectivity index (χ1) is 16.2. The zero-order chi connectivity index (χ0) is 23.0. The maximum Gasteiger partial charge on any atom is 0.309 e. The van der Waals surface area contributed by atoms with Crippen molar-refractivity contribution in [2.45, 2.75) is 148 Å². The highest BCUT2D eigenvalue weighted by Crippen LogP contribution is 2.44. The summed E-state index contributed by atoms with van der Waals surface area (Å²) >= 11 is 0. The molecule has 0 N–H and O–H groups in total. The van der Waals surface area contributed by atoms with E-state index in [2.05, 4.69) is 13.8 Å². The van der Waals surface area contributed by atoms with Gasteiger partial charge < -0.3 is 4.74 Å². The summed E-state index contributed by atoms with van der Waals surface area (Å²) in [6.07, 6.45) is 27.1. The lowest BCUT2D eigenvalue weighted by Crippen LogP contribution is -2.33. The predicted octanol–water partition coefficient (Wildman–Crippen LogP) is 9.11. The topological polar surface area (TPSA) is 26.3 Å². The van der Waals surface area contributed by atoms with Crippen molar-refractivity contribution < 1.29 is 9.53 Å². The van der Waals surface area contributed by atoms with Crippen molar-refractivity contribution in [2.24, 2.45) is 41.4 Å². The van der Waals surface area contributed by atoms with Crippen molar-refractivity contribution in [2.75, 3.05) is 0 Å². The van der Waals surface area contributed by atoms with Crippen LogP contribution < -0.4 is 0 Å². The summed E-state index contributed by atoms with van der Waals surface area (Å²) in [4.78, 5) is 12.9. The van der Waals surface area contributed by atoms with Crippen LogP contribution in [-0.2, 0) is 9.53 Å². The SMILES string of the molecule is CCC[C@H]1CC[C@H](C2CCC(OC(=O)[C@H]3CC[C@H]([C@H]4CC[C@H](CCC)CC4)CC3)CC2)CC1. The van der Waals surface area contributed by atoms with E-state index in [9.17, 15) is 4.79 Å². The van der Waals surface area contributed by atoms with E-state index in [1.165, 1.54) is 103 Å². The second-order valence-electron chi connectivity index (χ2n) is 12.7. The van der Waals surface area contributed by atoms with Gasteiger partial charge in [0.15, 0.2) is 0 Å². The standard InChI is InChI=1S/C31H54O2/c1-3-5-23-7-11-25(12-8-23)27-15-17-29(18-16-27)31(32)33-30-21-19-28(20-22-30)26-13-9-24(6-4-2)10-14-26/h23-30H,3-22H2,1-2H3/t23-,24-,25-,26-,27-,28?,29-,30?. The summed E-state index contributed by atoms with van der Waals surface area (Å²) in [5, 5.41) is 0. The fourth-order valence-corrected chi connectivity index (χ4v) is 8.48. The summed E-state index contributed by atoms with van der Waals surface area (Å²) in [7, 11) is 0. The van der Waals surface area contributed by atoms with Crippen molar-refractivity contribution in [1.29, 1.82) is 0 Å². The van der Waals surface area contributed by atoms with Gasteiger partial charge in [0.25, 0.3) is 0 Å². The molecule has 0 bridgehead atoms. The molecule has 0 atom stereocenters. The Morgan fingerprint density at radius 3 is 1.30 bits per heavy atom. The molecular formula is C31H54O2. The maximum absolute atomic E-state index is 12.9. The van der Waals surface area contributed by atoms with Gasteiger partial charge in [-0.25, -0.2) is 0 Å². The highest BCUT2D eigenvalue weighted by molar-refractivity contribution is 5.72. The van der Waals surface area contributed by atoms with E-state index in [-0.39, 0.29) is 18.0 Å². The summed E-state index contributed by atoms with van der Waals surface area (Å²) in [6.45, 7) is 4.66. The van der Waals surface area contributed by atoms with Gasteiger partial charge in [0, 0.05) is 0 Å². The molecule has 33 heavy (non-hydrogen) atoms. The lowest BCUT2D eigenvalue weighted by molar-refractivity contribution is -0.158. The molecule has 2 heteroatoms. The van der Waals surface area contributed by atoms with E-state index in [1.807, 2.05) is 0 Å². The minimum absolute atomic E-state index is 0.156. The molecule has 0 aromatic rings. The molecule has 0 aromatic heterocycles. The third-order valence-corrected chi connectivity index (χ3v) is 10.6. The zero-order valence-electron chi connectivity index (χ0n) is 22.1. The number of esters is 1. The Morgan fingerprint density at radius 1 is 0.545 bits per heavy atom. The van der Waals surface area contributed by atoms with Gasteiger partial charge in [-0.3, -0.25) is 4.79 Å². The van der Waals surface area contributed by atoms with Crippen molar-refractivity contribution in [3.05, 3.63) is 0 Å². The van der Waals surface area contributed by atoms with Crippen LogP contribution >= 0.6 is 0 Å². The van der Waals surface area contributed by atoms with Crippen LogP contribution in [0.3, 0.4) is 0 Å². The van der Waals surface area contributed by atoms with Gasteiger partial charge in [-0.15, -0.1) is 0 Å². The van der Waals surface area contributed by atoms with Crippen molar-refractivity contribution in [1.82, 2.24) is 0 Å². The molecule has 4 saturated carbocycles. The van der Waals surface area contributed by atoms with E-state index in [4.69, 9.17) is 4.74 Å². The van der Waals surface area contributed by atoms with Gasteiger partial charge in [-0.1, -0.05) is 65.2 Å². The maximum atomic E-state index is 12.9. The van der Waals surface area contributed by atoms with E-state index >= 15 is 0 Å². The van der Waals surface area contributed by atoms with E-state index in [1.54, 1.807) is 0 Å². The second-order valence-corrected chi connectivity index (χ2v) is 12.7. The lowest BCUT2D eigenvalue weighted by atomic mass is 9.68. The van der Waals surface area contributed by atoms with Crippen LogP contribution in [0.5, 0.6) is 0 Å². The Labute approximate surface area is 205 Å². The van der Waals surface area contributed by atoms with Crippen LogP contribution in [0.2, 0.25) is 0 Å². The van der Waals surface area contributed by atoms with Crippen molar-refractivity contribution in [3.8, 4) is 0 Å². The molecule has 4 rings (SSSR count). The van der Waals surface area contributed by atoms with E-state index in [0.29, 0.717) is 0 Å². The largest absolute Gasteiger partial charge is 0.462 e. The zero-order valence-corrected chi connectivity index (χ0v) is 22.1. The molecule has 190 valence electrons. The summed E-state index contributed by atoms with van der Waals surface area (Å²) < 4.78 is 6.10. The second kappa shape index (κ2) is 13.0. The van der Waals surface area contributed by atoms with Crippen molar-refractivity contribution in [3.63, 3.8) is 0 Å². The van der Waals surface area contributed by atoms with Gasteiger partial charge in [0.2, 0.25) is 0 Å². The van der Waals surface area contributed by atoms with Gasteiger partial charge in [-0.2, -0.15) is 0 Å². The van der Waals surface area contributed by atoms with E-state index < -0.39 is 0 Å². The third kappa shape index (κ3) is 7.23. The number of hydrogen-bond donors (Lipinski definition) is 0. The number of hydrogen-bond acceptors (Lipinski definition) is 2. The van der Waals surface area contributed by atoms with Crippen molar-refractivity contribution >= 4 is 5.97 Å². The van der Waals surface area contributed by atoms with Gasteiger partial charge in [0.05, 0.1) is 5.92 Å². The summed E-state index contributed by atoms with van der Waals surface area (Å²) in [6, 6.07) is 0. The molecule has 0 saturated heterocycles. The monoisotopic (exact) mass is 458 g/mol. The Bertz CT molecular complexity index is 553. The summed E-state index contributed by atoms with van der Waals surface area (Å²) in [5.74, 6) is 6.07. The fraction of sp³-hybridized carbons (Fsp3) is 0.968. The first-order valence-corrected chi connectivity index (χ1v) is 15.4. The Kier molecular flexibility index (Phi) is 10.0. The van der Waals surface area contributed by atoms with Gasteiger partial charge >= 0.3 is 5.97 Å². The average molecular weight is 459 g/mol. The smallest absolute Gasteiger partial charge is 0.309 e. The van der Waals surface area contributed by atoms with Crippen LogP contribution in [0.1, 0.15) is 142 Å². The highest BCUT2D eigenvalue weighted by Gasteiger charge is 2.36. The number of carbonyl (C=O) groups is 1. The molecule has 0 aliphatic heterocycles. The number of ether oxygens (including phenoxy) is 1. The molecule has 0 unspecified atom stereocenters. The van der Waals surface area contributed by atoms with Crippen LogP contribution in [-0.4, -0.2) is 12.1 Å². The quantitative estimate of drug-likeness (QED) is 0.339. The van der Waals surface area contributed by atoms with Crippen LogP contribution in [0.25, 0.3) is 0 Å². The fourth-order valence-electron chi connectivity index (χ4n) is 8.48. The predicted molar refractivity (Wildman–Crippen MR) is 138 cm³/mol. The molecule has 0 amide bonds.